The van der Waals surface area contributed by atoms with Gasteiger partial charge in [-0.25, -0.2) is 0 Å². The summed E-state index contributed by atoms with van der Waals surface area (Å²) in [6, 6.07) is 5.97. The monoisotopic (exact) mass is 553 g/mol. The van der Waals surface area contributed by atoms with Crippen molar-refractivity contribution in [3.63, 3.8) is 0 Å². The molecule has 9 heteroatoms. The lowest BCUT2D eigenvalue weighted by Crippen LogP contribution is -2.58. The van der Waals surface area contributed by atoms with Crippen molar-refractivity contribution in [2.45, 2.75) is 55.7 Å². The van der Waals surface area contributed by atoms with E-state index < -0.39 is 28.7 Å². The first-order valence-electron chi connectivity index (χ1n) is 14.0. The number of anilines is 1. The molecule has 1 aromatic carbocycles. The molecule has 0 aromatic heterocycles. The molecular formula is C30H39N3O5S. The van der Waals surface area contributed by atoms with E-state index in [2.05, 4.69) is 6.08 Å². The summed E-state index contributed by atoms with van der Waals surface area (Å²) in [6.07, 6.45) is 9.67. The molecule has 3 amide bonds. The van der Waals surface area contributed by atoms with E-state index in [4.69, 9.17) is 4.74 Å². The summed E-state index contributed by atoms with van der Waals surface area (Å²) in [5.41, 5.74) is 0.713. The molecule has 1 spiro atoms. The highest BCUT2D eigenvalue weighted by atomic mass is 32.2. The highest BCUT2D eigenvalue weighted by molar-refractivity contribution is 8.02. The fourth-order valence-electron chi connectivity index (χ4n) is 6.77. The molecule has 5 rings (SSSR count). The van der Waals surface area contributed by atoms with Crippen LogP contribution in [-0.2, 0) is 14.4 Å². The Balaban J connectivity index is 1.63. The van der Waals surface area contributed by atoms with E-state index >= 15 is 0 Å². The Bertz CT molecular complexity index is 1170. The van der Waals surface area contributed by atoms with Gasteiger partial charge in [-0.05, 0) is 36.6 Å². The maximum atomic E-state index is 14.6. The fraction of sp³-hybridized carbons (Fsp3) is 0.567. The van der Waals surface area contributed by atoms with Crippen molar-refractivity contribution in [3.05, 3.63) is 48.6 Å². The van der Waals surface area contributed by atoms with Crippen LogP contribution in [0.15, 0.2) is 48.6 Å². The Morgan fingerprint density at radius 2 is 1.82 bits per heavy atom. The van der Waals surface area contributed by atoms with Crippen LogP contribution < -0.4 is 9.64 Å². The molecule has 39 heavy (non-hydrogen) atoms. The number of methoxy groups -OCH3 is 1. The molecule has 7 atom stereocenters. The Morgan fingerprint density at radius 3 is 2.46 bits per heavy atom. The van der Waals surface area contributed by atoms with E-state index in [9.17, 15) is 19.5 Å². The van der Waals surface area contributed by atoms with Crippen LogP contribution in [0.25, 0.3) is 0 Å². The minimum atomic E-state index is -0.902. The van der Waals surface area contributed by atoms with E-state index in [0.29, 0.717) is 31.1 Å². The van der Waals surface area contributed by atoms with Gasteiger partial charge in [0.15, 0.2) is 0 Å². The second-order valence-electron chi connectivity index (χ2n) is 11.0. The first-order chi connectivity index (χ1) is 18.8. The number of carbonyl (C=O) groups excluding carboxylic acids is 3. The third-order valence-corrected chi connectivity index (χ3v) is 10.6. The lowest BCUT2D eigenvalue weighted by atomic mass is 9.78. The number of hydrogen-bond donors (Lipinski definition) is 1. The Labute approximate surface area is 235 Å². The van der Waals surface area contributed by atoms with Crippen LogP contribution in [0.2, 0.25) is 0 Å². The van der Waals surface area contributed by atoms with Crippen molar-refractivity contribution in [2.24, 2.45) is 17.8 Å². The first-order valence-corrected chi connectivity index (χ1v) is 14.9. The number of nitrogens with zero attached hydrogens (tertiary/aromatic N) is 3. The molecule has 0 saturated carbocycles. The average molecular weight is 554 g/mol. The minimum Gasteiger partial charge on any atom is -0.497 e. The van der Waals surface area contributed by atoms with Gasteiger partial charge < -0.3 is 24.5 Å². The summed E-state index contributed by atoms with van der Waals surface area (Å²) in [5.74, 6) is -0.968. The molecule has 0 radical (unpaired) electrons. The molecule has 4 aliphatic heterocycles. The maximum absolute atomic E-state index is 14.6. The van der Waals surface area contributed by atoms with Gasteiger partial charge >= 0.3 is 0 Å². The number of ether oxygens (including phenoxy) is 1. The van der Waals surface area contributed by atoms with Crippen molar-refractivity contribution in [1.29, 1.82) is 0 Å². The second-order valence-corrected chi connectivity index (χ2v) is 12.5. The highest BCUT2D eigenvalue weighted by Crippen LogP contribution is 2.61. The molecule has 2 fully saturated rings. The van der Waals surface area contributed by atoms with Gasteiger partial charge in [0.05, 0.1) is 36.3 Å². The van der Waals surface area contributed by atoms with E-state index in [1.807, 2.05) is 68.2 Å². The van der Waals surface area contributed by atoms with E-state index in [1.54, 1.807) is 28.7 Å². The zero-order valence-corrected chi connectivity index (χ0v) is 24.0. The third-order valence-electron chi connectivity index (χ3n) is 8.90. The zero-order chi connectivity index (χ0) is 27.9. The Morgan fingerprint density at radius 1 is 1.08 bits per heavy atom. The quantitative estimate of drug-likeness (QED) is 0.498. The number of likely N-dealkylation sites (tertiary alicyclic amines) is 1. The van der Waals surface area contributed by atoms with Gasteiger partial charge in [0, 0.05) is 30.6 Å². The zero-order valence-electron chi connectivity index (χ0n) is 23.2. The molecule has 2 saturated heterocycles. The summed E-state index contributed by atoms with van der Waals surface area (Å²) in [4.78, 5) is 48.2. The minimum absolute atomic E-state index is 0.0173. The summed E-state index contributed by atoms with van der Waals surface area (Å²) in [7, 11) is 1.60. The van der Waals surface area contributed by atoms with Gasteiger partial charge in [-0.2, -0.15) is 0 Å². The molecule has 8 nitrogen and oxygen atoms in total. The molecule has 1 unspecified atom stereocenters. The smallest absolute Gasteiger partial charge is 0.251 e. The fourth-order valence-corrected chi connectivity index (χ4v) is 8.76. The van der Waals surface area contributed by atoms with E-state index in [-0.39, 0.29) is 35.5 Å². The van der Waals surface area contributed by atoms with Crippen LogP contribution in [0.5, 0.6) is 5.75 Å². The molecular weight excluding hydrogens is 514 g/mol. The van der Waals surface area contributed by atoms with Crippen LogP contribution in [0, 0.1) is 17.8 Å². The number of aliphatic hydroxyl groups is 1. The summed E-state index contributed by atoms with van der Waals surface area (Å²) < 4.78 is 4.40. The standard InChI is InChI=1S/C30H39N3O5S/c1-5-15-31-16-7-9-23-24(27(31)35)25-28(36)33(22(18-34)19(3)6-2)26-29(37)32(17-8-14-30(25,26)39-23)20-10-12-21(38-4)13-11-20/h7-14,19,22-26,34H,5-6,15-18H2,1-4H3/t19-,22-,23-,24+,25-,26?,30-/m0/s1. The Hall–Kier alpha value is -2.78. The lowest BCUT2D eigenvalue weighted by Gasteiger charge is -2.40. The van der Waals surface area contributed by atoms with Crippen LogP contribution in [0.1, 0.15) is 33.6 Å². The first kappa shape index (κ1) is 27.8. The van der Waals surface area contributed by atoms with E-state index in [1.165, 1.54) is 0 Å². The molecule has 0 bridgehead atoms. The highest BCUT2D eigenvalue weighted by Gasteiger charge is 2.72. The number of hydrogen-bond acceptors (Lipinski definition) is 6. The lowest BCUT2D eigenvalue weighted by molar-refractivity contribution is -0.145. The number of rotatable bonds is 8. The SMILES string of the molecule is CCCN1CC=C[C@@H]2S[C@]34C=CCN(c5ccc(OC)cc5)C(=O)C3N([C@@H](CO)[C@@H](C)CC)C(=O)[C@@H]4[C@@H]2C1=O. The summed E-state index contributed by atoms with van der Waals surface area (Å²) in [6.45, 7) is 7.35. The molecule has 1 aromatic rings. The predicted octanol–water partition coefficient (Wildman–Crippen LogP) is 3.11. The largest absolute Gasteiger partial charge is 0.497 e. The normalized spacial score (nSPS) is 31.5. The van der Waals surface area contributed by atoms with Crippen LogP contribution in [-0.4, -0.2) is 88.1 Å². The van der Waals surface area contributed by atoms with Crippen molar-refractivity contribution in [1.82, 2.24) is 9.80 Å². The van der Waals surface area contributed by atoms with Crippen molar-refractivity contribution >= 4 is 35.2 Å². The summed E-state index contributed by atoms with van der Waals surface area (Å²) in [5, 5.41) is 10.4. The molecule has 4 aliphatic rings. The van der Waals surface area contributed by atoms with Crippen LogP contribution in [0.4, 0.5) is 5.69 Å². The number of fused-ring (bicyclic) bond motifs is 2. The summed E-state index contributed by atoms with van der Waals surface area (Å²) >= 11 is 1.58. The number of carbonyl (C=O) groups is 3. The molecule has 4 heterocycles. The van der Waals surface area contributed by atoms with Gasteiger partial charge in [0.25, 0.3) is 5.91 Å². The molecule has 210 valence electrons. The number of amides is 3. The topological polar surface area (TPSA) is 90.4 Å². The van der Waals surface area contributed by atoms with Gasteiger partial charge in [-0.3, -0.25) is 14.4 Å². The van der Waals surface area contributed by atoms with Gasteiger partial charge in [-0.1, -0.05) is 51.5 Å². The predicted molar refractivity (Wildman–Crippen MR) is 153 cm³/mol. The van der Waals surface area contributed by atoms with Gasteiger partial charge in [0.1, 0.15) is 11.8 Å². The van der Waals surface area contributed by atoms with Gasteiger partial charge in [-0.15, -0.1) is 11.8 Å². The van der Waals surface area contributed by atoms with Crippen molar-refractivity contribution in [3.8, 4) is 5.75 Å². The maximum Gasteiger partial charge on any atom is 0.251 e. The second kappa shape index (κ2) is 11.0. The molecule has 1 N–H and O–H groups in total. The molecule has 0 aliphatic carbocycles. The van der Waals surface area contributed by atoms with Crippen LogP contribution in [0.3, 0.4) is 0 Å². The van der Waals surface area contributed by atoms with Crippen molar-refractivity contribution in [2.75, 3.05) is 38.3 Å². The average Bonchev–Trinajstić information content (AvgIpc) is 3.26. The van der Waals surface area contributed by atoms with Crippen LogP contribution >= 0.6 is 11.8 Å². The number of aliphatic hydroxyl groups excluding tert-OH is 1. The van der Waals surface area contributed by atoms with Crippen molar-refractivity contribution < 1.29 is 24.2 Å². The third kappa shape index (κ3) is 4.38. The number of benzene rings is 1. The number of thioether (sulfide) groups is 1. The Kier molecular flexibility index (Phi) is 7.84. The van der Waals surface area contributed by atoms with E-state index in [0.717, 1.165) is 12.8 Å². The van der Waals surface area contributed by atoms with Gasteiger partial charge in [0.2, 0.25) is 11.8 Å².